The van der Waals surface area contributed by atoms with Crippen LogP contribution in [0.3, 0.4) is 0 Å². The predicted octanol–water partition coefficient (Wildman–Crippen LogP) is 1.99. The van der Waals surface area contributed by atoms with E-state index in [1.165, 1.54) is 0 Å². The van der Waals surface area contributed by atoms with Gasteiger partial charge in [0, 0.05) is 19.5 Å². The average molecular weight is 229 g/mol. The van der Waals surface area contributed by atoms with Crippen LogP contribution in [0.2, 0.25) is 0 Å². The third-order valence-electron chi connectivity index (χ3n) is 3.45. The highest BCUT2D eigenvalue weighted by Crippen LogP contribution is 2.32. The Labute approximate surface area is 97.6 Å². The van der Waals surface area contributed by atoms with Crippen molar-refractivity contribution in [3.63, 3.8) is 0 Å². The molecule has 0 radical (unpaired) electrons. The molecule has 94 valence electrons. The Kier molecular flexibility index (Phi) is 4.97. The Morgan fingerprint density at radius 1 is 1.25 bits per heavy atom. The van der Waals surface area contributed by atoms with E-state index in [2.05, 4.69) is 0 Å². The highest BCUT2D eigenvalue weighted by atomic mass is 16.4. The molecular weight excluding hydrogens is 206 g/mol. The topological polar surface area (TPSA) is 57.6 Å². The van der Waals surface area contributed by atoms with E-state index in [9.17, 15) is 14.7 Å². The molecule has 4 heteroatoms. The lowest BCUT2D eigenvalue weighted by Crippen LogP contribution is -2.41. The van der Waals surface area contributed by atoms with Gasteiger partial charge in [-0.1, -0.05) is 13.8 Å². The summed E-state index contributed by atoms with van der Waals surface area (Å²) in [6.45, 7) is 9.11. The summed E-state index contributed by atoms with van der Waals surface area (Å²) < 4.78 is 0. The van der Waals surface area contributed by atoms with Crippen LogP contribution in [0.1, 0.15) is 41.0 Å². The van der Waals surface area contributed by atoms with Gasteiger partial charge in [-0.3, -0.25) is 9.59 Å². The average Bonchev–Trinajstić information content (AvgIpc) is 2.15. The molecule has 1 amide bonds. The van der Waals surface area contributed by atoms with Crippen molar-refractivity contribution in [1.29, 1.82) is 0 Å². The number of amides is 1. The molecule has 1 N–H and O–H groups in total. The first-order valence-corrected chi connectivity index (χ1v) is 5.62. The van der Waals surface area contributed by atoms with Gasteiger partial charge in [-0.25, -0.2) is 0 Å². The fourth-order valence-corrected chi connectivity index (χ4v) is 1.25. The van der Waals surface area contributed by atoms with E-state index in [0.29, 0.717) is 0 Å². The van der Waals surface area contributed by atoms with Gasteiger partial charge in [0.15, 0.2) is 0 Å². The molecule has 0 aliphatic heterocycles. The number of hydrogen-bond donors (Lipinski definition) is 1. The minimum atomic E-state index is -0.986. The quantitative estimate of drug-likeness (QED) is 0.784. The van der Waals surface area contributed by atoms with Gasteiger partial charge in [0.2, 0.25) is 5.91 Å². The molecule has 0 rings (SSSR count). The number of carbonyl (C=O) groups is 2. The molecule has 0 saturated carbocycles. The Bertz CT molecular complexity index is 273. The second-order valence-corrected chi connectivity index (χ2v) is 5.15. The van der Waals surface area contributed by atoms with Gasteiger partial charge in [0.05, 0.1) is 5.41 Å². The third kappa shape index (κ3) is 3.22. The number of carbonyl (C=O) groups excluding carboxylic acids is 1. The first-order valence-electron chi connectivity index (χ1n) is 5.62. The van der Waals surface area contributed by atoms with Crippen molar-refractivity contribution in [2.24, 2.45) is 11.3 Å². The molecule has 0 fully saturated rings. The van der Waals surface area contributed by atoms with Crippen LogP contribution in [0.5, 0.6) is 0 Å². The normalized spacial score (nSPS) is 15.0. The highest BCUT2D eigenvalue weighted by Gasteiger charge is 2.39. The molecule has 0 aromatic carbocycles. The van der Waals surface area contributed by atoms with Crippen LogP contribution in [0, 0.1) is 11.3 Å². The van der Waals surface area contributed by atoms with Crippen LogP contribution in [-0.2, 0) is 9.59 Å². The zero-order valence-electron chi connectivity index (χ0n) is 11.1. The standard InChI is InChI=1S/C12H23NO3/c1-8(2)12(5,11(15)16)7-10(14)13(6)9(3)4/h8-9H,7H2,1-6H3,(H,15,16). The SMILES string of the molecule is CC(C)N(C)C(=O)CC(C)(C(=O)O)C(C)C. The summed E-state index contributed by atoms with van der Waals surface area (Å²) in [4.78, 5) is 24.7. The molecule has 4 nitrogen and oxygen atoms in total. The van der Waals surface area contributed by atoms with Crippen LogP contribution >= 0.6 is 0 Å². The number of aliphatic carboxylic acids is 1. The van der Waals surface area contributed by atoms with E-state index < -0.39 is 11.4 Å². The van der Waals surface area contributed by atoms with Gasteiger partial charge in [-0.15, -0.1) is 0 Å². The first-order chi connectivity index (χ1) is 7.12. The molecule has 16 heavy (non-hydrogen) atoms. The number of carboxylic acid groups (broad SMARTS) is 1. The maximum Gasteiger partial charge on any atom is 0.310 e. The minimum absolute atomic E-state index is 0.0503. The molecule has 0 aromatic rings. The molecule has 1 unspecified atom stereocenters. The molecule has 0 aliphatic rings. The lowest BCUT2D eigenvalue weighted by atomic mass is 9.76. The molecule has 0 bridgehead atoms. The minimum Gasteiger partial charge on any atom is -0.481 e. The van der Waals surface area contributed by atoms with Gasteiger partial charge in [0.1, 0.15) is 0 Å². The van der Waals surface area contributed by atoms with Crippen molar-refractivity contribution in [2.45, 2.75) is 47.1 Å². The Morgan fingerprint density at radius 3 is 1.94 bits per heavy atom. The molecule has 0 heterocycles. The van der Waals surface area contributed by atoms with Crippen molar-refractivity contribution in [3.05, 3.63) is 0 Å². The van der Waals surface area contributed by atoms with Gasteiger partial charge >= 0.3 is 5.97 Å². The van der Waals surface area contributed by atoms with Gasteiger partial charge < -0.3 is 10.0 Å². The summed E-state index contributed by atoms with van der Waals surface area (Å²) in [5, 5.41) is 9.20. The number of nitrogens with zero attached hydrogens (tertiary/aromatic N) is 1. The van der Waals surface area contributed by atoms with Crippen LogP contribution in [0.15, 0.2) is 0 Å². The summed E-state index contributed by atoms with van der Waals surface area (Å²) in [7, 11) is 1.70. The summed E-state index contributed by atoms with van der Waals surface area (Å²) in [6.07, 6.45) is 0.0503. The van der Waals surface area contributed by atoms with Crippen molar-refractivity contribution in [1.82, 2.24) is 4.90 Å². The largest absolute Gasteiger partial charge is 0.481 e. The van der Waals surface area contributed by atoms with Crippen molar-refractivity contribution in [2.75, 3.05) is 7.05 Å². The fraction of sp³-hybridized carbons (Fsp3) is 0.833. The zero-order valence-corrected chi connectivity index (χ0v) is 11.1. The third-order valence-corrected chi connectivity index (χ3v) is 3.45. The maximum atomic E-state index is 11.9. The summed E-state index contributed by atoms with van der Waals surface area (Å²) >= 11 is 0. The summed E-state index contributed by atoms with van der Waals surface area (Å²) in [5.41, 5.74) is -0.986. The molecule has 1 atom stereocenters. The fourth-order valence-electron chi connectivity index (χ4n) is 1.25. The van der Waals surface area contributed by atoms with E-state index >= 15 is 0 Å². The lowest BCUT2D eigenvalue weighted by molar-refractivity contribution is -0.155. The summed E-state index contributed by atoms with van der Waals surface area (Å²) in [5.74, 6) is -1.10. The number of carboxylic acids is 1. The molecular formula is C12H23NO3. The van der Waals surface area contributed by atoms with E-state index in [0.717, 1.165) is 0 Å². The lowest BCUT2D eigenvalue weighted by Gasteiger charge is -2.31. The van der Waals surface area contributed by atoms with Gasteiger partial charge in [-0.2, -0.15) is 0 Å². The maximum absolute atomic E-state index is 11.9. The van der Waals surface area contributed by atoms with E-state index in [1.807, 2.05) is 27.7 Å². The van der Waals surface area contributed by atoms with E-state index in [-0.39, 0.29) is 24.3 Å². The monoisotopic (exact) mass is 229 g/mol. The second kappa shape index (κ2) is 5.32. The van der Waals surface area contributed by atoms with Crippen molar-refractivity contribution < 1.29 is 14.7 Å². The molecule has 0 saturated heterocycles. The van der Waals surface area contributed by atoms with Crippen LogP contribution in [0.4, 0.5) is 0 Å². The second-order valence-electron chi connectivity index (χ2n) is 5.15. The van der Waals surface area contributed by atoms with E-state index in [1.54, 1.807) is 18.9 Å². The van der Waals surface area contributed by atoms with Crippen molar-refractivity contribution in [3.8, 4) is 0 Å². The van der Waals surface area contributed by atoms with E-state index in [4.69, 9.17) is 0 Å². The van der Waals surface area contributed by atoms with Crippen LogP contribution < -0.4 is 0 Å². The highest BCUT2D eigenvalue weighted by molar-refractivity contribution is 5.84. The van der Waals surface area contributed by atoms with Gasteiger partial charge in [0.25, 0.3) is 0 Å². The molecule has 0 aliphatic carbocycles. The van der Waals surface area contributed by atoms with Crippen LogP contribution in [0.25, 0.3) is 0 Å². The number of rotatable bonds is 5. The Balaban J connectivity index is 4.79. The number of hydrogen-bond acceptors (Lipinski definition) is 2. The molecule has 0 aromatic heterocycles. The molecule has 0 spiro atoms. The van der Waals surface area contributed by atoms with Crippen molar-refractivity contribution >= 4 is 11.9 Å². The zero-order chi connectivity index (χ0) is 13.1. The first kappa shape index (κ1) is 14.9. The van der Waals surface area contributed by atoms with Gasteiger partial charge in [-0.05, 0) is 26.7 Å². The smallest absolute Gasteiger partial charge is 0.310 e. The Morgan fingerprint density at radius 2 is 1.69 bits per heavy atom. The predicted molar refractivity (Wildman–Crippen MR) is 63.1 cm³/mol. The summed E-state index contributed by atoms with van der Waals surface area (Å²) in [6, 6.07) is 0.0951. The van der Waals surface area contributed by atoms with Crippen LogP contribution in [-0.4, -0.2) is 35.0 Å². The Hall–Kier alpha value is -1.06.